The first-order valence-electron chi connectivity index (χ1n) is 7.43. The van der Waals surface area contributed by atoms with Crippen LogP contribution >= 0.6 is 0 Å². The first kappa shape index (κ1) is 14.2. The van der Waals surface area contributed by atoms with Gasteiger partial charge in [0.05, 0.1) is 6.61 Å². The van der Waals surface area contributed by atoms with Crippen LogP contribution in [-0.4, -0.2) is 31.8 Å². The molecule has 0 amide bonds. The van der Waals surface area contributed by atoms with Gasteiger partial charge in [0.2, 0.25) is 0 Å². The summed E-state index contributed by atoms with van der Waals surface area (Å²) in [4.78, 5) is 2.49. The van der Waals surface area contributed by atoms with Crippen molar-refractivity contribution in [2.24, 2.45) is 0 Å². The SMILES string of the molecule is CCOc1ccc(N2CCC(C)NC(C)CC2)cc1. The van der Waals surface area contributed by atoms with E-state index in [9.17, 15) is 0 Å². The summed E-state index contributed by atoms with van der Waals surface area (Å²) in [6, 6.07) is 9.69. The molecule has 2 atom stereocenters. The summed E-state index contributed by atoms with van der Waals surface area (Å²) in [5, 5.41) is 3.63. The Morgan fingerprint density at radius 1 is 1.11 bits per heavy atom. The second-order valence-electron chi connectivity index (χ2n) is 5.46. The van der Waals surface area contributed by atoms with Crippen molar-refractivity contribution in [3.05, 3.63) is 24.3 Å². The van der Waals surface area contributed by atoms with Gasteiger partial charge in [-0.15, -0.1) is 0 Å². The van der Waals surface area contributed by atoms with Crippen LogP contribution in [0.15, 0.2) is 24.3 Å². The van der Waals surface area contributed by atoms with E-state index in [2.05, 4.69) is 48.3 Å². The van der Waals surface area contributed by atoms with Gasteiger partial charge in [-0.05, 0) is 57.9 Å². The third-order valence-corrected chi connectivity index (χ3v) is 3.75. The molecule has 2 unspecified atom stereocenters. The summed E-state index contributed by atoms with van der Waals surface area (Å²) in [7, 11) is 0. The quantitative estimate of drug-likeness (QED) is 0.906. The van der Waals surface area contributed by atoms with E-state index in [-0.39, 0.29) is 0 Å². The molecule has 0 bridgehead atoms. The summed E-state index contributed by atoms with van der Waals surface area (Å²) in [6.07, 6.45) is 2.38. The number of nitrogens with one attached hydrogen (secondary N) is 1. The van der Waals surface area contributed by atoms with Crippen LogP contribution in [0.2, 0.25) is 0 Å². The van der Waals surface area contributed by atoms with Crippen LogP contribution in [0.3, 0.4) is 0 Å². The van der Waals surface area contributed by atoms with Crippen molar-refractivity contribution in [2.45, 2.75) is 45.7 Å². The average Bonchev–Trinajstić information content (AvgIpc) is 2.38. The Labute approximate surface area is 116 Å². The van der Waals surface area contributed by atoms with Crippen molar-refractivity contribution in [3.63, 3.8) is 0 Å². The molecule has 19 heavy (non-hydrogen) atoms. The fourth-order valence-corrected chi connectivity index (χ4v) is 2.64. The molecule has 1 N–H and O–H groups in total. The lowest BCUT2D eigenvalue weighted by Crippen LogP contribution is -2.43. The molecular formula is C16H26N2O. The third-order valence-electron chi connectivity index (χ3n) is 3.75. The number of anilines is 1. The van der Waals surface area contributed by atoms with Crippen molar-refractivity contribution in [3.8, 4) is 5.75 Å². The van der Waals surface area contributed by atoms with Crippen LogP contribution in [0, 0.1) is 0 Å². The molecule has 106 valence electrons. The van der Waals surface area contributed by atoms with E-state index in [4.69, 9.17) is 4.74 Å². The van der Waals surface area contributed by atoms with E-state index in [0.29, 0.717) is 12.1 Å². The zero-order valence-corrected chi connectivity index (χ0v) is 12.4. The molecule has 3 heteroatoms. The molecule has 1 aliphatic rings. The summed E-state index contributed by atoms with van der Waals surface area (Å²) in [5.74, 6) is 0.960. The molecule has 1 saturated heterocycles. The molecular weight excluding hydrogens is 236 g/mol. The summed E-state index contributed by atoms with van der Waals surface area (Å²) >= 11 is 0. The number of nitrogens with zero attached hydrogens (tertiary/aromatic N) is 1. The molecule has 1 aromatic rings. The zero-order chi connectivity index (χ0) is 13.7. The predicted octanol–water partition coefficient (Wildman–Crippen LogP) is 3.05. The highest BCUT2D eigenvalue weighted by molar-refractivity contribution is 5.49. The van der Waals surface area contributed by atoms with Gasteiger partial charge in [-0.25, -0.2) is 0 Å². The van der Waals surface area contributed by atoms with Crippen LogP contribution in [0.1, 0.15) is 33.6 Å². The second-order valence-corrected chi connectivity index (χ2v) is 5.46. The molecule has 1 fully saturated rings. The smallest absolute Gasteiger partial charge is 0.119 e. The fraction of sp³-hybridized carbons (Fsp3) is 0.625. The predicted molar refractivity (Wildman–Crippen MR) is 81.1 cm³/mol. The lowest BCUT2D eigenvalue weighted by atomic mass is 10.1. The summed E-state index contributed by atoms with van der Waals surface area (Å²) < 4.78 is 5.50. The Kier molecular flexibility index (Phi) is 5.08. The highest BCUT2D eigenvalue weighted by Gasteiger charge is 2.16. The molecule has 0 aromatic heterocycles. The second kappa shape index (κ2) is 6.80. The van der Waals surface area contributed by atoms with E-state index in [1.54, 1.807) is 0 Å². The van der Waals surface area contributed by atoms with Crippen LogP contribution in [0.5, 0.6) is 5.75 Å². The van der Waals surface area contributed by atoms with Gasteiger partial charge in [0, 0.05) is 30.9 Å². The van der Waals surface area contributed by atoms with Crippen molar-refractivity contribution < 1.29 is 4.74 Å². The summed E-state index contributed by atoms with van der Waals surface area (Å²) in [6.45, 7) is 9.53. The zero-order valence-electron chi connectivity index (χ0n) is 12.4. The topological polar surface area (TPSA) is 24.5 Å². The molecule has 1 aliphatic heterocycles. The van der Waals surface area contributed by atoms with E-state index in [1.165, 1.54) is 18.5 Å². The number of benzene rings is 1. The van der Waals surface area contributed by atoms with Crippen molar-refractivity contribution in [1.82, 2.24) is 5.32 Å². The molecule has 1 aromatic carbocycles. The van der Waals surface area contributed by atoms with Crippen LogP contribution < -0.4 is 15.0 Å². The average molecular weight is 262 g/mol. The van der Waals surface area contributed by atoms with Gasteiger partial charge in [0.25, 0.3) is 0 Å². The number of rotatable bonds is 3. The first-order chi connectivity index (χ1) is 9.19. The van der Waals surface area contributed by atoms with Gasteiger partial charge >= 0.3 is 0 Å². The highest BCUT2D eigenvalue weighted by Crippen LogP contribution is 2.21. The van der Waals surface area contributed by atoms with Crippen LogP contribution in [0.4, 0.5) is 5.69 Å². The van der Waals surface area contributed by atoms with Crippen molar-refractivity contribution >= 4 is 5.69 Å². The monoisotopic (exact) mass is 262 g/mol. The minimum Gasteiger partial charge on any atom is -0.494 e. The van der Waals surface area contributed by atoms with E-state index < -0.39 is 0 Å². The van der Waals surface area contributed by atoms with Crippen molar-refractivity contribution in [2.75, 3.05) is 24.6 Å². The third kappa shape index (κ3) is 4.13. The molecule has 3 nitrogen and oxygen atoms in total. The largest absolute Gasteiger partial charge is 0.494 e. The number of hydrogen-bond acceptors (Lipinski definition) is 3. The van der Waals surface area contributed by atoms with Gasteiger partial charge in [-0.3, -0.25) is 0 Å². The van der Waals surface area contributed by atoms with Gasteiger partial charge in [0.15, 0.2) is 0 Å². The van der Waals surface area contributed by atoms with E-state index in [1.807, 2.05) is 6.92 Å². The minimum atomic E-state index is 0.598. The normalized spacial score (nSPS) is 24.7. The van der Waals surface area contributed by atoms with Gasteiger partial charge in [-0.1, -0.05) is 0 Å². The maximum Gasteiger partial charge on any atom is 0.119 e. The lowest BCUT2D eigenvalue weighted by molar-refractivity contribution is 0.340. The molecule has 0 aliphatic carbocycles. The minimum absolute atomic E-state index is 0.598. The number of hydrogen-bond donors (Lipinski definition) is 1. The van der Waals surface area contributed by atoms with Gasteiger partial charge < -0.3 is 15.0 Å². The van der Waals surface area contributed by atoms with Gasteiger partial charge in [0.1, 0.15) is 5.75 Å². The Morgan fingerprint density at radius 3 is 2.21 bits per heavy atom. The Morgan fingerprint density at radius 2 is 1.68 bits per heavy atom. The maximum absolute atomic E-state index is 5.50. The molecule has 0 spiro atoms. The van der Waals surface area contributed by atoms with Crippen LogP contribution in [-0.2, 0) is 0 Å². The molecule has 1 heterocycles. The molecule has 0 radical (unpaired) electrons. The van der Waals surface area contributed by atoms with Crippen molar-refractivity contribution in [1.29, 1.82) is 0 Å². The molecule has 2 rings (SSSR count). The summed E-state index contributed by atoms with van der Waals surface area (Å²) in [5.41, 5.74) is 1.31. The number of ether oxygens (including phenoxy) is 1. The van der Waals surface area contributed by atoms with Gasteiger partial charge in [-0.2, -0.15) is 0 Å². The maximum atomic E-state index is 5.50. The van der Waals surface area contributed by atoms with Crippen LogP contribution in [0.25, 0.3) is 0 Å². The first-order valence-corrected chi connectivity index (χ1v) is 7.43. The lowest BCUT2D eigenvalue weighted by Gasteiger charge is -2.32. The fourth-order valence-electron chi connectivity index (χ4n) is 2.64. The Hall–Kier alpha value is -1.22. The standard InChI is InChI=1S/C16H26N2O/c1-4-19-16-7-5-15(6-8-16)18-11-9-13(2)17-14(3)10-12-18/h5-8,13-14,17H,4,9-12H2,1-3H3. The Bertz CT molecular complexity index is 365. The van der Waals surface area contributed by atoms with E-state index in [0.717, 1.165) is 25.4 Å². The van der Waals surface area contributed by atoms with E-state index >= 15 is 0 Å². The Balaban J connectivity index is 2.02. The molecule has 0 saturated carbocycles. The highest BCUT2D eigenvalue weighted by atomic mass is 16.5.